The molecule has 0 heterocycles. The average molecular weight is 293 g/mol. The summed E-state index contributed by atoms with van der Waals surface area (Å²) >= 11 is 3.44. The number of hydrogen-bond acceptors (Lipinski definition) is 3. The SMILES string of the molecule is Cc1cc(COS(C)(=O)=O)cc(C)c1Br. The van der Waals surface area contributed by atoms with Crippen LogP contribution in [0.3, 0.4) is 0 Å². The molecule has 0 saturated carbocycles. The molecule has 15 heavy (non-hydrogen) atoms. The molecule has 0 aliphatic rings. The lowest BCUT2D eigenvalue weighted by molar-refractivity contribution is 0.311. The van der Waals surface area contributed by atoms with Gasteiger partial charge in [-0.15, -0.1) is 0 Å². The lowest BCUT2D eigenvalue weighted by Crippen LogP contribution is -2.03. The van der Waals surface area contributed by atoms with Crippen molar-refractivity contribution in [2.24, 2.45) is 0 Å². The van der Waals surface area contributed by atoms with Crippen molar-refractivity contribution in [3.8, 4) is 0 Å². The summed E-state index contributed by atoms with van der Waals surface area (Å²) in [5.74, 6) is 0. The van der Waals surface area contributed by atoms with Crippen LogP contribution in [-0.4, -0.2) is 14.7 Å². The van der Waals surface area contributed by atoms with Gasteiger partial charge in [-0.2, -0.15) is 8.42 Å². The first-order valence-electron chi connectivity index (χ1n) is 4.39. The van der Waals surface area contributed by atoms with Crippen LogP contribution in [0.15, 0.2) is 16.6 Å². The lowest BCUT2D eigenvalue weighted by atomic mass is 10.1. The first-order valence-corrected chi connectivity index (χ1v) is 7.00. The summed E-state index contributed by atoms with van der Waals surface area (Å²) in [5, 5.41) is 0. The van der Waals surface area contributed by atoms with Crippen LogP contribution in [0.2, 0.25) is 0 Å². The molecule has 0 amide bonds. The Morgan fingerprint density at radius 2 is 1.73 bits per heavy atom. The van der Waals surface area contributed by atoms with Gasteiger partial charge < -0.3 is 0 Å². The molecule has 5 heteroatoms. The standard InChI is InChI=1S/C10H13BrO3S/c1-7-4-9(5-8(2)10(7)11)6-14-15(3,12)13/h4-5H,6H2,1-3H3. The highest BCUT2D eigenvalue weighted by atomic mass is 79.9. The van der Waals surface area contributed by atoms with E-state index in [9.17, 15) is 8.42 Å². The largest absolute Gasteiger partial charge is 0.265 e. The Morgan fingerprint density at radius 3 is 2.13 bits per heavy atom. The van der Waals surface area contributed by atoms with Crippen LogP contribution in [0.1, 0.15) is 16.7 Å². The molecular formula is C10H13BrO3S. The maximum Gasteiger partial charge on any atom is 0.264 e. The van der Waals surface area contributed by atoms with E-state index in [1.165, 1.54) is 0 Å². The third-order valence-corrected chi connectivity index (χ3v) is 3.73. The van der Waals surface area contributed by atoms with E-state index < -0.39 is 10.1 Å². The van der Waals surface area contributed by atoms with Crippen molar-refractivity contribution in [1.82, 2.24) is 0 Å². The van der Waals surface area contributed by atoms with Gasteiger partial charge in [0.15, 0.2) is 0 Å². The molecule has 0 saturated heterocycles. The van der Waals surface area contributed by atoms with Crippen LogP contribution in [0.5, 0.6) is 0 Å². The molecule has 0 bridgehead atoms. The van der Waals surface area contributed by atoms with Gasteiger partial charge in [-0.1, -0.05) is 28.1 Å². The maximum atomic E-state index is 10.8. The molecule has 0 aliphatic carbocycles. The van der Waals surface area contributed by atoms with E-state index in [4.69, 9.17) is 4.18 Å². The highest BCUT2D eigenvalue weighted by molar-refractivity contribution is 9.10. The molecule has 84 valence electrons. The Labute approximate surface area is 98.7 Å². The van der Waals surface area contributed by atoms with E-state index in [-0.39, 0.29) is 6.61 Å². The minimum atomic E-state index is -3.37. The van der Waals surface area contributed by atoms with Gasteiger partial charge in [0.25, 0.3) is 10.1 Å². The van der Waals surface area contributed by atoms with Gasteiger partial charge in [0.1, 0.15) is 0 Å². The highest BCUT2D eigenvalue weighted by Crippen LogP contribution is 2.22. The molecule has 0 N–H and O–H groups in total. The van der Waals surface area contributed by atoms with Crippen LogP contribution in [-0.2, 0) is 20.9 Å². The molecule has 0 radical (unpaired) electrons. The minimum absolute atomic E-state index is 0.0911. The summed E-state index contributed by atoms with van der Waals surface area (Å²) in [6, 6.07) is 3.81. The zero-order chi connectivity index (χ0) is 11.6. The van der Waals surface area contributed by atoms with Crippen molar-refractivity contribution in [2.75, 3.05) is 6.26 Å². The third kappa shape index (κ3) is 3.93. The number of rotatable bonds is 3. The monoisotopic (exact) mass is 292 g/mol. The van der Waals surface area contributed by atoms with Crippen molar-refractivity contribution in [3.05, 3.63) is 33.3 Å². The number of aryl methyl sites for hydroxylation is 2. The zero-order valence-electron chi connectivity index (χ0n) is 8.87. The van der Waals surface area contributed by atoms with Crippen molar-refractivity contribution in [3.63, 3.8) is 0 Å². The summed E-state index contributed by atoms with van der Waals surface area (Å²) in [6.07, 6.45) is 1.05. The Hall–Kier alpha value is -0.390. The van der Waals surface area contributed by atoms with E-state index in [2.05, 4.69) is 15.9 Å². The quantitative estimate of drug-likeness (QED) is 0.804. The predicted molar refractivity (Wildman–Crippen MR) is 63.2 cm³/mol. The van der Waals surface area contributed by atoms with E-state index in [0.717, 1.165) is 27.4 Å². The van der Waals surface area contributed by atoms with Crippen molar-refractivity contribution >= 4 is 26.0 Å². The first kappa shape index (κ1) is 12.7. The molecule has 1 aromatic carbocycles. The normalized spacial score (nSPS) is 11.7. The smallest absolute Gasteiger partial charge is 0.264 e. The van der Waals surface area contributed by atoms with Crippen LogP contribution in [0.25, 0.3) is 0 Å². The Balaban J connectivity index is 2.89. The van der Waals surface area contributed by atoms with Crippen molar-refractivity contribution in [2.45, 2.75) is 20.5 Å². The van der Waals surface area contributed by atoms with Gasteiger partial charge in [0.2, 0.25) is 0 Å². The van der Waals surface area contributed by atoms with Crippen LogP contribution in [0.4, 0.5) is 0 Å². The molecule has 0 fully saturated rings. The van der Waals surface area contributed by atoms with Gasteiger partial charge >= 0.3 is 0 Å². The molecule has 0 aliphatic heterocycles. The molecule has 0 unspecified atom stereocenters. The van der Waals surface area contributed by atoms with E-state index >= 15 is 0 Å². The first-order chi connectivity index (χ1) is 6.79. The Morgan fingerprint density at radius 1 is 1.27 bits per heavy atom. The third-order valence-electron chi connectivity index (χ3n) is 1.94. The molecule has 0 aromatic heterocycles. The van der Waals surface area contributed by atoms with Crippen LogP contribution >= 0.6 is 15.9 Å². The van der Waals surface area contributed by atoms with Crippen LogP contribution in [0, 0.1) is 13.8 Å². The summed E-state index contributed by atoms with van der Waals surface area (Å²) < 4.78 is 27.4. The fraction of sp³-hybridized carbons (Fsp3) is 0.400. The van der Waals surface area contributed by atoms with Crippen molar-refractivity contribution < 1.29 is 12.6 Å². The minimum Gasteiger partial charge on any atom is -0.265 e. The molecule has 0 spiro atoms. The lowest BCUT2D eigenvalue weighted by Gasteiger charge is -2.07. The van der Waals surface area contributed by atoms with E-state index in [0.29, 0.717) is 0 Å². The molecule has 1 aromatic rings. The molecule has 3 nitrogen and oxygen atoms in total. The summed E-state index contributed by atoms with van der Waals surface area (Å²) in [4.78, 5) is 0. The number of benzene rings is 1. The predicted octanol–water partition coefficient (Wildman–Crippen LogP) is 2.54. The van der Waals surface area contributed by atoms with Gasteiger partial charge in [-0.25, -0.2) is 0 Å². The zero-order valence-corrected chi connectivity index (χ0v) is 11.3. The topological polar surface area (TPSA) is 43.4 Å². The molecule has 1 rings (SSSR count). The molecular weight excluding hydrogens is 280 g/mol. The summed E-state index contributed by atoms with van der Waals surface area (Å²) in [5.41, 5.74) is 3.00. The van der Waals surface area contributed by atoms with E-state index in [1.807, 2.05) is 26.0 Å². The second-order valence-electron chi connectivity index (χ2n) is 3.51. The Kier molecular flexibility index (Phi) is 3.92. The fourth-order valence-electron chi connectivity index (χ4n) is 1.29. The average Bonchev–Trinajstić information content (AvgIpc) is 2.09. The van der Waals surface area contributed by atoms with Gasteiger partial charge in [0, 0.05) is 4.47 Å². The highest BCUT2D eigenvalue weighted by Gasteiger charge is 2.06. The van der Waals surface area contributed by atoms with E-state index in [1.54, 1.807) is 0 Å². The van der Waals surface area contributed by atoms with Gasteiger partial charge in [-0.3, -0.25) is 4.18 Å². The van der Waals surface area contributed by atoms with Crippen LogP contribution < -0.4 is 0 Å². The number of hydrogen-bond donors (Lipinski definition) is 0. The fourth-order valence-corrected chi connectivity index (χ4v) is 1.87. The maximum absolute atomic E-state index is 10.8. The van der Waals surface area contributed by atoms with Gasteiger partial charge in [-0.05, 0) is 30.5 Å². The molecule has 0 atom stereocenters. The van der Waals surface area contributed by atoms with Gasteiger partial charge in [0.05, 0.1) is 12.9 Å². The second-order valence-corrected chi connectivity index (χ2v) is 5.95. The number of halogens is 1. The summed E-state index contributed by atoms with van der Waals surface area (Å²) in [6.45, 7) is 4.01. The summed E-state index contributed by atoms with van der Waals surface area (Å²) in [7, 11) is -3.37. The second kappa shape index (κ2) is 4.63. The van der Waals surface area contributed by atoms with Crippen molar-refractivity contribution in [1.29, 1.82) is 0 Å². The Bertz CT molecular complexity index is 443.